The normalized spacial score (nSPS) is 24.7. The second kappa shape index (κ2) is 4.89. The Morgan fingerprint density at radius 2 is 2.15 bits per heavy atom. The van der Waals surface area contributed by atoms with E-state index in [0.29, 0.717) is 6.42 Å². The molecule has 1 atom stereocenters. The second-order valence-corrected chi connectivity index (χ2v) is 3.96. The van der Waals surface area contributed by atoms with Gasteiger partial charge >= 0.3 is 0 Å². The maximum Gasteiger partial charge on any atom is 0.249 e. The summed E-state index contributed by atoms with van der Waals surface area (Å²) in [4.78, 5) is 0. The van der Waals surface area contributed by atoms with Crippen LogP contribution in [-0.4, -0.2) is 18.5 Å². The van der Waals surface area contributed by atoms with Gasteiger partial charge in [-0.15, -0.1) is 0 Å². The average molecular weight is 191 g/mol. The van der Waals surface area contributed by atoms with Crippen molar-refractivity contribution in [3.05, 3.63) is 0 Å². The van der Waals surface area contributed by atoms with Gasteiger partial charge in [0.25, 0.3) is 0 Å². The summed E-state index contributed by atoms with van der Waals surface area (Å²) in [5.74, 6) is -2.45. The third-order valence-corrected chi connectivity index (χ3v) is 2.57. The van der Waals surface area contributed by atoms with Gasteiger partial charge in [0.2, 0.25) is 5.92 Å². The fourth-order valence-corrected chi connectivity index (χ4v) is 1.93. The molecule has 0 bridgehead atoms. The Morgan fingerprint density at radius 1 is 1.38 bits per heavy atom. The van der Waals surface area contributed by atoms with E-state index in [2.05, 4.69) is 5.32 Å². The summed E-state index contributed by atoms with van der Waals surface area (Å²) in [7, 11) is 0. The summed E-state index contributed by atoms with van der Waals surface area (Å²) in [6.45, 7) is 2.72. The first kappa shape index (κ1) is 10.9. The van der Waals surface area contributed by atoms with Gasteiger partial charge in [-0.25, -0.2) is 8.78 Å². The third kappa shape index (κ3) is 4.03. The predicted molar refractivity (Wildman–Crippen MR) is 50.1 cm³/mol. The zero-order chi connectivity index (χ0) is 9.73. The Bertz CT molecular complexity index is 142. The lowest BCUT2D eigenvalue weighted by Crippen LogP contribution is -2.38. The van der Waals surface area contributed by atoms with Crippen LogP contribution in [0.1, 0.15) is 45.4 Å². The topological polar surface area (TPSA) is 12.0 Å². The van der Waals surface area contributed by atoms with Crippen LogP contribution in [0.2, 0.25) is 0 Å². The van der Waals surface area contributed by atoms with Crippen LogP contribution in [0.5, 0.6) is 0 Å². The zero-order valence-corrected chi connectivity index (χ0v) is 8.28. The number of rotatable bonds is 4. The van der Waals surface area contributed by atoms with Crippen molar-refractivity contribution in [2.45, 2.75) is 57.4 Å². The third-order valence-electron chi connectivity index (χ3n) is 2.57. The molecule has 1 nitrogen and oxygen atoms in total. The van der Waals surface area contributed by atoms with E-state index in [0.717, 1.165) is 25.8 Å². The Labute approximate surface area is 78.9 Å². The van der Waals surface area contributed by atoms with Crippen LogP contribution < -0.4 is 5.32 Å². The van der Waals surface area contributed by atoms with Crippen molar-refractivity contribution in [2.24, 2.45) is 0 Å². The van der Waals surface area contributed by atoms with Crippen LogP contribution >= 0.6 is 0 Å². The van der Waals surface area contributed by atoms with Gasteiger partial charge in [-0.05, 0) is 19.4 Å². The first-order valence-corrected chi connectivity index (χ1v) is 5.25. The lowest BCUT2D eigenvalue weighted by molar-refractivity contribution is -0.0278. The van der Waals surface area contributed by atoms with E-state index in [1.54, 1.807) is 0 Å². The lowest BCUT2D eigenvalue weighted by atomic mass is 9.97. The zero-order valence-electron chi connectivity index (χ0n) is 8.28. The van der Waals surface area contributed by atoms with Crippen LogP contribution in [0.4, 0.5) is 8.78 Å². The molecule has 0 aromatic rings. The number of hydrogen-bond donors (Lipinski definition) is 1. The molecule has 13 heavy (non-hydrogen) atoms. The highest BCUT2D eigenvalue weighted by molar-refractivity contribution is 4.79. The largest absolute Gasteiger partial charge is 0.314 e. The molecular weight excluding hydrogens is 172 g/mol. The van der Waals surface area contributed by atoms with Crippen LogP contribution in [0.3, 0.4) is 0 Å². The fourth-order valence-electron chi connectivity index (χ4n) is 1.93. The molecule has 0 saturated carbocycles. The molecule has 1 unspecified atom stereocenters. The monoisotopic (exact) mass is 191 g/mol. The van der Waals surface area contributed by atoms with Gasteiger partial charge in [-0.3, -0.25) is 0 Å². The Kier molecular flexibility index (Phi) is 4.10. The number of piperidine rings is 1. The molecule has 0 aromatic carbocycles. The molecule has 78 valence electrons. The van der Waals surface area contributed by atoms with Crippen molar-refractivity contribution in [3.63, 3.8) is 0 Å². The average Bonchev–Trinajstić information content (AvgIpc) is 2.04. The van der Waals surface area contributed by atoms with Gasteiger partial charge in [0.15, 0.2) is 0 Å². The Balaban J connectivity index is 2.28. The van der Waals surface area contributed by atoms with Crippen molar-refractivity contribution in [1.82, 2.24) is 5.32 Å². The molecule has 1 N–H and O–H groups in total. The van der Waals surface area contributed by atoms with Gasteiger partial charge in [0.1, 0.15) is 0 Å². The fraction of sp³-hybridized carbons (Fsp3) is 1.00. The van der Waals surface area contributed by atoms with Gasteiger partial charge in [-0.2, -0.15) is 0 Å². The quantitative estimate of drug-likeness (QED) is 0.720. The van der Waals surface area contributed by atoms with E-state index < -0.39 is 5.92 Å². The molecule has 0 amide bonds. The van der Waals surface area contributed by atoms with Crippen LogP contribution in [0.15, 0.2) is 0 Å². The smallest absolute Gasteiger partial charge is 0.249 e. The van der Waals surface area contributed by atoms with Gasteiger partial charge in [-0.1, -0.05) is 19.8 Å². The molecule has 1 heterocycles. The molecular formula is C10H19F2N. The summed E-state index contributed by atoms with van der Waals surface area (Å²) in [6.07, 6.45) is 3.78. The SMILES string of the molecule is CCCC(F)(F)CC1CCCCN1. The van der Waals surface area contributed by atoms with Gasteiger partial charge in [0.05, 0.1) is 0 Å². The molecule has 0 aromatic heterocycles. The maximum atomic E-state index is 13.2. The number of alkyl halides is 2. The molecule has 0 aliphatic carbocycles. The van der Waals surface area contributed by atoms with E-state index in [1.807, 2.05) is 6.92 Å². The van der Waals surface area contributed by atoms with Crippen molar-refractivity contribution in [3.8, 4) is 0 Å². The van der Waals surface area contributed by atoms with Crippen molar-refractivity contribution < 1.29 is 8.78 Å². The van der Waals surface area contributed by atoms with Crippen molar-refractivity contribution in [1.29, 1.82) is 0 Å². The highest BCUT2D eigenvalue weighted by Gasteiger charge is 2.31. The summed E-state index contributed by atoms with van der Waals surface area (Å²) in [5.41, 5.74) is 0. The summed E-state index contributed by atoms with van der Waals surface area (Å²) in [5, 5.41) is 3.15. The predicted octanol–water partition coefficient (Wildman–Crippen LogP) is 2.95. The Morgan fingerprint density at radius 3 is 2.69 bits per heavy atom. The molecule has 1 rings (SSSR count). The van der Waals surface area contributed by atoms with E-state index >= 15 is 0 Å². The lowest BCUT2D eigenvalue weighted by Gasteiger charge is -2.27. The first-order valence-electron chi connectivity index (χ1n) is 5.25. The van der Waals surface area contributed by atoms with E-state index in [-0.39, 0.29) is 18.9 Å². The van der Waals surface area contributed by atoms with Crippen LogP contribution in [-0.2, 0) is 0 Å². The Hall–Kier alpha value is -0.180. The second-order valence-electron chi connectivity index (χ2n) is 3.96. The first-order chi connectivity index (χ1) is 6.14. The van der Waals surface area contributed by atoms with Crippen LogP contribution in [0.25, 0.3) is 0 Å². The molecule has 1 fully saturated rings. The molecule has 3 heteroatoms. The summed E-state index contributed by atoms with van der Waals surface area (Å²) >= 11 is 0. The summed E-state index contributed by atoms with van der Waals surface area (Å²) < 4.78 is 26.3. The highest BCUT2D eigenvalue weighted by Crippen LogP contribution is 2.28. The molecule has 0 spiro atoms. The molecule has 0 radical (unpaired) electrons. The minimum Gasteiger partial charge on any atom is -0.314 e. The maximum absolute atomic E-state index is 13.2. The molecule has 1 saturated heterocycles. The van der Waals surface area contributed by atoms with E-state index in [9.17, 15) is 8.78 Å². The van der Waals surface area contributed by atoms with E-state index in [1.165, 1.54) is 0 Å². The van der Waals surface area contributed by atoms with E-state index in [4.69, 9.17) is 0 Å². The summed E-state index contributed by atoms with van der Waals surface area (Å²) in [6, 6.07) is 0.0512. The number of nitrogens with one attached hydrogen (secondary N) is 1. The standard InChI is InChI=1S/C10H19F2N/c1-2-6-10(11,12)8-9-5-3-4-7-13-9/h9,13H,2-8H2,1H3. The minimum absolute atomic E-state index is 0.0286. The van der Waals surface area contributed by atoms with Crippen molar-refractivity contribution in [2.75, 3.05) is 6.54 Å². The minimum atomic E-state index is -2.45. The number of halogens is 2. The number of hydrogen-bond acceptors (Lipinski definition) is 1. The molecule has 1 aliphatic heterocycles. The highest BCUT2D eigenvalue weighted by atomic mass is 19.3. The molecule has 1 aliphatic rings. The van der Waals surface area contributed by atoms with Crippen LogP contribution in [0, 0.1) is 0 Å². The van der Waals surface area contributed by atoms with Gasteiger partial charge < -0.3 is 5.32 Å². The van der Waals surface area contributed by atoms with Gasteiger partial charge in [0, 0.05) is 18.9 Å². The van der Waals surface area contributed by atoms with Crippen molar-refractivity contribution >= 4 is 0 Å².